The summed E-state index contributed by atoms with van der Waals surface area (Å²) in [5.41, 5.74) is 6.47. The molecule has 1 atom stereocenters. The molecule has 0 aromatic carbocycles. The number of pyridine rings is 1. The molecule has 4 nitrogen and oxygen atoms in total. The monoisotopic (exact) mass is 250 g/mol. The van der Waals surface area contributed by atoms with E-state index in [1.54, 1.807) is 18.5 Å². The molecule has 0 radical (unpaired) electrons. The maximum atomic E-state index is 12.0. The van der Waals surface area contributed by atoms with Crippen molar-refractivity contribution < 1.29 is 9.53 Å². The molecule has 0 aliphatic carbocycles. The normalized spacial score (nSPS) is 12.5. The van der Waals surface area contributed by atoms with Crippen molar-refractivity contribution in [3.63, 3.8) is 0 Å². The number of hydrogen-bond acceptors (Lipinski definition) is 4. The Balaban J connectivity index is 2.68. The highest BCUT2D eigenvalue weighted by molar-refractivity contribution is 5.96. The average molecular weight is 250 g/mol. The van der Waals surface area contributed by atoms with Gasteiger partial charge in [0.15, 0.2) is 5.78 Å². The molecule has 4 heteroatoms. The topological polar surface area (TPSA) is 65.2 Å². The Morgan fingerprint density at radius 2 is 2.17 bits per heavy atom. The minimum atomic E-state index is -0.113. The number of rotatable bonds is 7. The summed E-state index contributed by atoms with van der Waals surface area (Å²) in [6.45, 7) is 6.68. The van der Waals surface area contributed by atoms with Crippen LogP contribution in [0.25, 0.3) is 0 Å². The van der Waals surface area contributed by atoms with Crippen molar-refractivity contribution in [1.29, 1.82) is 0 Å². The Hall–Kier alpha value is -1.42. The first-order valence-electron chi connectivity index (χ1n) is 6.41. The zero-order valence-electron chi connectivity index (χ0n) is 11.3. The Labute approximate surface area is 109 Å². The van der Waals surface area contributed by atoms with Crippen LogP contribution in [0.4, 0.5) is 0 Å². The summed E-state index contributed by atoms with van der Waals surface area (Å²) in [6, 6.07) is 1.62. The molecule has 0 saturated heterocycles. The van der Waals surface area contributed by atoms with Gasteiger partial charge in [-0.2, -0.15) is 0 Å². The molecule has 1 aromatic rings. The second-order valence-corrected chi connectivity index (χ2v) is 4.79. The lowest BCUT2D eigenvalue weighted by Crippen LogP contribution is -2.29. The van der Waals surface area contributed by atoms with Gasteiger partial charge in [0.25, 0.3) is 0 Å². The minimum absolute atomic E-state index is 0.0191. The molecule has 2 N–H and O–H groups in total. The fraction of sp³-hybridized carbons (Fsp3) is 0.571. The smallest absolute Gasteiger partial charge is 0.166 e. The SMILES string of the molecule is CCCOc1cncc(C(=O)CC(N)C(C)C)c1. The fourth-order valence-electron chi connectivity index (χ4n) is 1.44. The van der Waals surface area contributed by atoms with Crippen LogP contribution in [0.1, 0.15) is 44.0 Å². The quantitative estimate of drug-likeness (QED) is 0.755. The fourth-order valence-corrected chi connectivity index (χ4v) is 1.44. The number of Topliss-reactive ketones (excluding diaryl/α,β-unsaturated/α-hetero) is 1. The summed E-state index contributed by atoms with van der Waals surface area (Å²) in [5.74, 6) is 0.952. The van der Waals surface area contributed by atoms with Crippen LogP contribution in [-0.2, 0) is 0 Å². The summed E-state index contributed by atoms with van der Waals surface area (Å²) < 4.78 is 5.45. The minimum Gasteiger partial charge on any atom is -0.492 e. The first-order chi connectivity index (χ1) is 8.54. The molecule has 0 bridgehead atoms. The van der Waals surface area contributed by atoms with E-state index in [9.17, 15) is 4.79 Å². The van der Waals surface area contributed by atoms with Crippen LogP contribution in [0.15, 0.2) is 18.5 Å². The Kier molecular flexibility index (Phi) is 5.78. The zero-order valence-corrected chi connectivity index (χ0v) is 11.3. The Bertz CT molecular complexity index is 391. The predicted molar refractivity (Wildman–Crippen MR) is 71.8 cm³/mol. The van der Waals surface area contributed by atoms with Crippen LogP contribution in [0.5, 0.6) is 5.75 Å². The van der Waals surface area contributed by atoms with Gasteiger partial charge in [0, 0.05) is 24.2 Å². The number of hydrogen-bond donors (Lipinski definition) is 1. The van der Waals surface area contributed by atoms with Crippen LogP contribution >= 0.6 is 0 Å². The van der Waals surface area contributed by atoms with Gasteiger partial charge in [-0.3, -0.25) is 9.78 Å². The summed E-state index contributed by atoms with van der Waals surface area (Å²) in [4.78, 5) is 16.0. The van der Waals surface area contributed by atoms with Gasteiger partial charge in [-0.15, -0.1) is 0 Å². The van der Waals surface area contributed by atoms with E-state index in [4.69, 9.17) is 10.5 Å². The van der Waals surface area contributed by atoms with Crippen molar-refractivity contribution in [3.05, 3.63) is 24.0 Å². The molecule has 0 fully saturated rings. The molecule has 0 aliphatic rings. The van der Waals surface area contributed by atoms with Gasteiger partial charge in [-0.05, 0) is 18.4 Å². The van der Waals surface area contributed by atoms with Crippen molar-refractivity contribution in [2.75, 3.05) is 6.61 Å². The van der Waals surface area contributed by atoms with E-state index < -0.39 is 0 Å². The lowest BCUT2D eigenvalue weighted by molar-refractivity contribution is 0.0967. The number of ketones is 1. The van der Waals surface area contributed by atoms with Gasteiger partial charge in [0.2, 0.25) is 0 Å². The Morgan fingerprint density at radius 3 is 2.78 bits per heavy atom. The second kappa shape index (κ2) is 7.11. The molecule has 0 spiro atoms. The van der Waals surface area contributed by atoms with Gasteiger partial charge in [-0.25, -0.2) is 0 Å². The predicted octanol–water partition coefficient (Wildman–Crippen LogP) is 2.43. The number of carbonyl (C=O) groups excluding carboxylic acids is 1. The summed E-state index contributed by atoms with van der Waals surface area (Å²) in [6.07, 6.45) is 4.45. The molecule has 1 aromatic heterocycles. The highest BCUT2D eigenvalue weighted by atomic mass is 16.5. The number of aromatic nitrogens is 1. The highest BCUT2D eigenvalue weighted by Crippen LogP contribution is 2.15. The number of ether oxygens (including phenoxy) is 1. The third-order valence-corrected chi connectivity index (χ3v) is 2.79. The number of nitrogens with two attached hydrogens (primary N) is 1. The van der Waals surface area contributed by atoms with Gasteiger partial charge < -0.3 is 10.5 Å². The zero-order chi connectivity index (χ0) is 13.5. The molecule has 0 aliphatic heterocycles. The lowest BCUT2D eigenvalue weighted by Gasteiger charge is -2.14. The van der Waals surface area contributed by atoms with Crippen LogP contribution in [0.2, 0.25) is 0 Å². The summed E-state index contributed by atoms with van der Waals surface area (Å²) in [7, 11) is 0. The van der Waals surface area contributed by atoms with Gasteiger partial charge in [0.1, 0.15) is 5.75 Å². The van der Waals surface area contributed by atoms with E-state index in [1.165, 1.54) is 0 Å². The molecular weight excluding hydrogens is 228 g/mol. The van der Waals surface area contributed by atoms with Crippen molar-refractivity contribution in [3.8, 4) is 5.75 Å². The van der Waals surface area contributed by atoms with Crippen LogP contribution in [-0.4, -0.2) is 23.4 Å². The average Bonchev–Trinajstić information content (AvgIpc) is 2.36. The van der Waals surface area contributed by atoms with E-state index >= 15 is 0 Å². The van der Waals surface area contributed by atoms with Crippen LogP contribution in [0, 0.1) is 5.92 Å². The second-order valence-electron chi connectivity index (χ2n) is 4.79. The highest BCUT2D eigenvalue weighted by Gasteiger charge is 2.15. The largest absolute Gasteiger partial charge is 0.492 e. The number of carbonyl (C=O) groups is 1. The maximum Gasteiger partial charge on any atom is 0.166 e. The van der Waals surface area contributed by atoms with Crippen LogP contribution < -0.4 is 10.5 Å². The van der Waals surface area contributed by atoms with E-state index in [1.807, 2.05) is 20.8 Å². The molecule has 100 valence electrons. The Morgan fingerprint density at radius 1 is 1.44 bits per heavy atom. The molecule has 18 heavy (non-hydrogen) atoms. The molecular formula is C14H22N2O2. The van der Waals surface area contributed by atoms with E-state index in [0.29, 0.717) is 30.3 Å². The van der Waals surface area contributed by atoms with Crippen molar-refractivity contribution >= 4 is 5.78 Å². The molecule has 0 saturated carbocycles. The molecule has 1 heterocycles. The third-order valence-electron chi connectivity index (χ3n) is 2.79. The van der Waals surface area contributed by atoms with E-state index in [-0.39, 0.29) is 11.8 Å². The first kappa shape index (κ1) is 14.6. The molecule has 1 unspecified atom stereocenters. The summed E-state index contributed by atoms with van der Waals surface area (Å²) >= 11 is 0. The number of nitrogens with zero attached hydrogens (tertiary/aromatic N) is 1. The third kappa shape index (κ3) is 4.45. The lowest BCUT2D eigenvalue weighted by atomic mass is 9.97. The van der Waals surface area contributed by atoms with Crippen molar-refractivity contribution in [2.24, 2.45) is 11.7 Å². The van der Waals surface area contributed by atoms with E-state index in [2.05, 4.69) is 4.98 Å². The van der Waals surface area contributed by atoms with Gasteiger partial charge in [0.05, 0.1) is 12.8 Å². The molecule has 0 amide bonds. The van der Waals surface area contributed by atoms with Crippen LogP contribution in [0.3, 0.4) is 0 Å². The standard InChI is InChI=1S/C14H22N2O2/c1-4-5-18-12-6-11(8-16-9-12)14(17)7-13(15)10(2)3/h6,8-10,13H,4-5,7,15H2,1-3H3. The summed E-state index contributed by atoms with van der Waals surface area (Å²) in [5, 5.41) is 0. The van der Waals surface area contributed by atoms with E-state index in [0.717, 1.165) is 6.42 Å². The van der Waals surface area contributed by atoms with Crippen molar-refractivity contribution in [2.45, 2.75) is 39.7 Å². The van der Waals surface area contributed by atoms with Crippen molar-refractivity contribution in [1.82, 2.24) is 4.98 Å². The first-order valence-corrected chi connectivity index (χ1v) is 6.41. The van der Waals surface area contributed by atoms with Gasteiger partial charge in [-0.1, -0.05) is 20.8 Å². The van der Waals surface area contributed by atoms with Gasteiger partial charge >= 0.3 is 0 Å². The molecule has 1 rings (SSSR count). The maximum absolute atomic E-state index is 12.0.